The van der Waals surface area contributed by atoms with Crippen molar-refractivity contribution < 1.29 is 4.79 Å². The van der Waals surface area contributed by atoms with E-state index in [9.17, 15) is 4.79 Å². The van der Waals surface area contributed by atoms with E-state index < -0.39 is 0 Å². The lowest BCUT2D eigenvalue weighted by molar-refractivity contribution is 0.0919. The van der Waals surface area contributed by atoms with Gasteiger partial charge in [-0.15, -0.1) is 0 Å². The minimum absolute atomic E-state index is 0.0735. The van der Waals surface area contributed by atoms with Crippen molar-refractivity contribution in [3.05, 3.63) is 29.3 Å². The summed E-state index contributed by atoms with van der Waals surface area (Å²) in [5.74, 6) is 0.510. The van der Waals surface area contributed by atoms with Crippen LogP contribution >= 0.6 is 0 Å². The molecule has 1 aromatic carbocycles. The lowest BCUT2D eigenvalue weighted by atomic mass is 9.84. The van der Waals surface area contributed by atoms with Gasteiger partial charge in [-0.1, -0.05) is 33.1 Å². The molecule has 4 N–H and O–H groups in total. The first-order chi connectivity index (χ1) is 11.0. The number of rotatable bonds is 4. The summed E-state index contributed by atoms with van der Waals surface area (Å²) in [5.41, 5.74) is 7.96. The molecular formula is C19H31N3O. The highest BCUT2D eigenvalue weighted by Gasteiger charge is 2.22. The van der Waals surface area contributed by atoms with E-state index in [1.54, 1.807) is 25.1 Å². The van der Waals surface area contributed by atoms with Crippen molar-refractivity contribution >= 4 is 17.3 Å². The molecule has 1 aliphatic carbocycles. The molecule has 1 aromatic rings. The van der Waals surface area contributed by atoms with Crippen LogP contribution in [0.5, 0.6) is 0 Å². The van der Waals surface area contributed by atoms with Crippen molar-refractivity contribution in [3.8, 4) is 0 Å². The van der Waals surface area contributed by atoms with Gasteiger partial charge in [0.25, 0.3) is 5.91 Å². The van der Waals surface area contributed by atoms with E-state index in [1.165, 1.54) is 32.1 Å². The van der Waals surface area contributed by atoms with E-state index in [0.29, 0.717) is 28.4 Å². The lowest BCUT2D eigenvalue weighted by Crippen LogP contribution is -2.38. The van der Waals surface area contributed by atoms with Gasteiger partial charge in [0.2, 0.25) is 0 Å². The lowest BCUT2D eigenvalue weighted by Gasteiger charge is -2.28. The van der Waals surface area contributed by atoms with E-state index in [4.69, 9.17) is 11.1 Å². The average molecular weight is 317 g/mol. The summed E-state index contributed by atoms with van der Waals surface area (Å²) in [7, 11) is 0. The van der Waals surface area contributed by atoms with Crippen LogP contribution in [0.3, 0.4) is 0 Å². The molecule has 0 radical (unpaired) electrons. The fourth-order valence-electron chi connectivity index (χ4n) is 3.06. The van der Waals surface area contributed by atoms with Gasteiger partial charge in [0.15, 0.2) is 0 Å². The first kappa shape index (κ1) is 19.2. The quantitative estimate of drug-likeness (QED) is 0.569. The van der Waals surface area contributed by atoms with Crippen LogP contribution in [0.4, 0.5) is 5.69 Å². The van der Waals surface area contributed by atoms with Gasteiger partial charge in [-0.3, -0.25) is 4.79 Å². The van der Waals surface area contributed by atoms with Gasteiger partial charge in [-0.05, 0) is 50.8 Å². The predicted octanol–water partition coefficient (Wildman–Crippen LogP) is 4.38. The maximum atomic E-state index is 12.4. The highest BCUT2D eigenvalue weighted by molar-refractivity contribution is 6.04. The highest BCUT2D eigenvalue weighted by Crippen LogP contribution is 2.26. The fraction of sp³-hybridized carbons (Fsp3) is 0.579. The molecule has 23 heavy (non-hydrogen) atoms. The summed E-state index contributed by atoms with van der Waals surface area (Å²) >= 11 is 0. The smallest absolute Gasteiger partial charge is 0.251 e. The average Bonchev–Trinajstić information content (AvgIpc) is 2.57. The molecule has 1 fully saturated rings. The van der Waals surface area contributed by atoms with E-state index >= 15 is 0 Å². The number of nitrogens with one attached hydrogen (secondary N) is 2. The summed E-state index contributed by atoms with van der Waals surface area (Å²) < 4.78 is 0. The zero-order chi connectivity index (χ0) is 17.4. The van der Waals surface area contributed by atoms with Crippen LogP contribution in [0.2, 0.25) is 0 Å². The van der Waals surface area contributed by atoms with Crippen LogP contribution in [0, 0.1) is 11.3 Å². The molecule has 4 heteroatoms. The molecule has 0 aromatic heterocycles. The second-order valence-corrected chi connectivity index (χ2v) is 6.09. The van der Waals surface area contributed by atoms with Crippen LogP contribution in [-0.4, -0.2) is 17.7 Å². The van der Waals surface area contributed by atoms with Crippen LogP contribution < -0.4 is 11.1 Å². The van der Waals surface area contributed by atoms with Crippen LogP contribution in [0.15, 0.2) is 18.2 Å². The Hall–Kier alpha value is -1.84. The summed E-state index contributed by atoms with van der Waals surface area (Å²) in [6.07, 6.45) is 6.26. The first-order valence-electron chi connectivity index (χ1n) is 8.75. The molecule has 1 atom stereocenters. The van der Waals surface area contributed by atoms with Gasteiger partial charge in [-0.25, -0.2) is 0 Å². The highest BCUT2D eigenvalue weighted by atomic mass is 16.1. The third-order valence-electron chi connectivity index (χ3n) is 4.44. The van der Waals surface area contributed by atoms with Gasteiger partial charge in [-0.2, -0.15) is 0 Å². The fourth-order valence-corrected chi connectivity index (χ4v) is 3.06. The molecule has 1 saturated carbocycles. The van der Waals surface area contributed by atoms with Crippen LogP contribution in [-0.2, 0) is 0 Å². The Morgan fingerprint density at radius 1 is 1.26 bits per heavy atom. The number of amides is 1. The number of benzene rings is 1. The third-order valence-corrected chi connectivity index (χ3v) is 4.44. The first-order valence-corrected chi connectivity index (χ1v) is 8.75. The number of anilines is 1. The molecule has 0 aliphatic heterocycles. The van der Waals surface area contributed by atoms with E-state index in [2.05, 4.69) is 12.2 Å². The Morgan fingerprint density at radius 2 is 1.87 bits per heavy atom. The molecule has 128 valence electrons. The SMILES string of the molecule is CC.CC(=N)c1cc(C(=O)NC(C)C2CCCCC2)ccc1N. The second-order valence-electron chi connectivity index (χ2n) is 6.09. The zero-order valence-corrected chi connectivity index (χ0v) is 14.9. The number of nitrogen functional groups attached to an aromatic ring is 1. The van der Waals surface area contributed by atoms with Crippen molar-refractivity contribution in [1.29, 1.82) is 5.41 Å². The van der Waals surface area contributed by atoms with Crippen molar-refractivity contribution in [3.63, 3.8) is 0 Å². The third kappa shape index (κ3) is 5.38. The number of hydrogen-bond donors (Lipinski definition) is 3. The van der Waals surface area contributed by atoms with Gasteiger partial charge < -0.3 is 16.5 Å². The molecule has 0 heterocycles. The molecule has 4 nitrogen and oxygen atoms in total. The van der Waals surface area contributed by atoms with Gasteiger partial charge in [0, 0.05) is 28.6 Å². The van der Waals surface area contributed by atoms with Crippen molar-refractivity contribution in [2.24, 2.45) is 5.92 Å². The molecular weight excluding hydrogens is 286 g/mol. The van der Waals surface area contributed by atoms with E-state index in [1.807, 2.05) is 13.8 Å². The van der Waals surface area contributed by atoms with E-state index in [-0.39, 0.29) is 11.9 Å². The Bertz CT molecular complexity index is 533. The molecule has 0 saturated heterocycles. The largest absolute Gasteiger partial charge is 0.398 e. The Morgan fingerprint density at radius 3 is 2.43 bits per heavy atom. The normalized spacial score (nSPS) is 16.0. The zero-order valence-electron chi connectivity index (χ0n) is 14.9. The van der Waals surface area contributed by atoms with E-state index in [0.717, 1.165) is 0 Å². The Balaban J connectivity index is 0.00000127. The van der Waals surface area contributed by atoms with Gasteiger partial charge in [0.1, 0.15) is 0 Å². The number of hydrogen-bond acceptors (Lipinski definition) is 3. The monoisotopic (exact) mass is 317 g/mol. The van der Waals surface area contributed by atoms with Crippen LogP contribution in [0.25, 0.3) is 0 Å². The summed E-state index contributed by atoms with van der Waals surface area (Å²) in [5, 5.41) is 10.8. The predicted molar refractivity (Wildman–Crippen MR) is 98.2 cm³/mol. The molecule has 1 unspecified atom stereocenters. The number of nitrogens with two attached hydrogens (primary N) is 1. The topological polar surface area (TPSA) is 79.0 Å². The standard InChI is InChI=1S/C17H25N3O.C2H6/c1-11(18)15-10-14(8-9-16(15)19)17(21)20-12(2)13-6-4-3-5-7-13;1-2/h8-10,12-13,18H,3-7,19H2,1-2H3,(H,20,21);1-2H3. The van der Waals surface area contributed by atoms with Gasteiger partial charge >= 0.3 is 0 Å². The summed E-state index contributed by atoms with van der Waals surface area (Å²) in [6, 6.07) is 5.33. The minimum Gasteiger partial charge on any atom is -0.398 e. The van der Waals surface area contributed by atoms with Crippen LogP contribution in [0.1, 0.15) is 75.7 Å². The molecule has 1 amide bonds. The summed E-state index contributed by atoms with van der Waals surface area (Å²) in [4.78, 5) is 12.4. The molecule has 2 rings (SSSR count). The molecule has 0 spiro atoms. The Labute approximate surface area is 140 Å². The Kier molecular flexibility index (Phi) is 7.79. The molecule has 0 bridgehead atoms. The van der Waals surface area contributed by atoms with Crippen molar-refractivity contribution in [1.82, 2.24) is 5.32 Å². The number of carbonyl (C=O) groups is 1. The summed E-state index contributed by atoms with van der Waals surface area (Å²) in [6.45, 7) is 7.77. The number of carbonyl (C=O) groups excluding carboxylic acids is 1. The maximum absolute atomic E-state index is 12.4. The van der Waals surface area contributed by atoms with Crippen molar-refractivity contribution in [2.75, 3.05) is 5.73 Å². The minimum atomic E-state index is -0.0735. The van der Waals surface area contributed by atoms with Crippen molar-refractivity contribution in [2.45, 2.75) is 65.8 Å². The molecule has 1 aliphatic rings. The maximum Gasteiger partial charge on any atom is 0.251 e. The van der Waals surface area contributed by atoms with Gasteiger partial charge in [0.05, 0.1) is 0 Å². The second kappa shape index (κ2) is 9.33.